The molecule has 0 aliphatic carbocycles. The van der Waals surface area contributed by atoms with Crippen molar-refractivity contribution in [2.24, 2.45) is 0 Å². The highest BCUT2D eigenvalue weighted by atomic mass is 16.5. The van der Waals surface area contributed by atoms with Gasteiger partial charge in [-0.3, -0.25) is 4.79 Å². The first-order valence-electron chi connectivity index (χ1n) is 7.53. The molecular formula is C16H19N3O4. The van der Waals surface area contributed by atoms with Crippen molar-refractivity contribution in [3.05, 3.63) is 41.5 Å². The lowest BCUT2D eigenvalue weighted by molar-refractivity contribution is -0.116. The maximum absolute atomic E-state index is 11.9. The molecule has 1 amide bonds. The minimum absolute atomic E-state index is 0.136. The molecule has 0 bridgehead atoms. The molecule has 0 radical (unpaired) electrons. The van der Waals surface area contributed by atoms with E-state index in [1.54, 1.807) is 12.1 Å². The van der Waals surface area contributed by atoms with Gasteiger partial charge in [0.25, 0.3) is 0 Å². The molecule has 0 fully saturated rings. The lowest BCUT2D eigenvalue weighted by Crippen LogP contribution is -2.12. The predicted octanol–water partition coefficient (Wildman–Crippen LogP) is 2.68. The number of nitrogens with zero attached hydrogens (tertiary/aromatic N) is 2. The molecule has 122 valence electrons. The summed E-state index contributed by atoms with van der Waals surface area (Å²) in [6.45, 7) is 2.04. The van der Waals surface area contributed by atoms with Gasteiger partial charge in [0.2, 0.25) is 11.8 Å². The van der Waals surface area contributed by atoms with Gasteiger partial charge in [-0.05, 0) is 31.0 Å². The van der Waals surface area contributed by atoms with Crippen molar-refractivity contribution in [2.75, 3.05) is 5.32 Å². The van der Waals surface area contributed by atoms with Crippen LogP contribution in [0.3, 0.4) is 0 Å². The van der Waals surface area contributed by atoms with E-state index in [4.69, 9.17) is 9.63 Å². The van der Waals surface area contributed by atoms with E-state index < -0.39 is 5.97 Å². The van der Waals surface area contributed by atoms with Crippen molar-refractivity contribution in [3.8, 4) is 0 Å². The van der Waals surface area contributed by atoms with Crippen LogP contribution in [0.15, 0.2) is 28.8 Å². The Labute approximate surface area is 133 Å². The van der Waals surface area contributed by atoms with Gasteiger partial charge >= 0.3 is 5.97 Å². The van der Waals surface area contributed by atoms with E-state index in [-0.39, 0.29) is 11.5 Å². The Hall–Kier alpha value is -2.70. The molecule has 0 unspecified atom stereocenters. The van der Waals surface area contributed by atoms with Crippen LogP contribution < -0.4 is 5.32 Å². The lowest BCUT2D eigenvalue weighted by atomic mass is 10.2. The van der Waals surface area contributed by atoms with Crippen LogP contribution in [0.25, 0.3) is 0 Å². The van der Waals surface area contributed by atoms with E-state index in [0.717, 1.165) is 12.8 Å². The Morgan fingerprint density at radius 3 is 2.87 bits per heavy atom. The van der Waals surface area contributed by atoms with Crippen molar-refractivity contribution in [3.63, 3.8) is 0 Å². The highest BCUT2D eigenvalue weighted by molar-refractivity contribution is 5.93. The third-order valence-electron chi connectivity index (χ3n) is 3.17. The topological polar surface area (TPSA) is 105 Å². The molecule has 23 heavy (non-hydrogen) atoms. The zero-order valence-corrected chi connectivity index (χ0v) is 12.9. The van der Waals surface area contributed by atoms with Crippen LogP contribution in [-0.2, 0) is 17.6 Å². The molecule has 2 N–H and O–H groups in total. The number of hydrogen-bond donors (Lipinski definition) is 2. The molecule has 1 aromatic carbocycles. The minimum Gasteiger partial charge on any atom is -0.478 e. The average Bonchev–Trinajstić information content (AvgIpc) is 2.95. The fourth-order valence-corrected chi connectivity index (χ4v) is 2.07. The van der Waals surface area contributed by atoms with Gasteiger partial charge in [0.1, 0.15) is 0 Å². The average molecular weight is 317 g/mol. The highest BCUT2D eigenvalue weighted by Crippen LogP contribution is 2.12. The molecule has 0 spiro atoms. The molecule has 7 heteroatoms. The smallest absolute Gasteiger partial charge is 0.335 e. The number of nitrogens with one attached hydrogen (secondary N) is 1. The standard InChI is InChI=1S/C16H19N3O4/c1-2-5-13-18-15(23-19-13)9-4-8-14(20)17-12-7-3-6-11(10-12)16(21)22/h3,6-7,10H,2,4-5,8-9H2,1H3,(H,17,20)(H,21,22). The summed E-state index contributed by atoms with van der Waals surface area (Å²) in [4.78, 5) is 27.0. The normalized spacial score (nSPS) is 10.5. The molecule has 0 saturated heterocycles. The third kappa shape index (κ3) is 5.21. The van der Waals surface area contributed by atoms with Crippen LogP contribution in [0.4, 0.5) is 5.69 Å². The van der Waals surface area contributed by atoms with Gasteiger partial charge in [-0.15, -0.1) is 0 Å². The number of carbonyl (C=O) groups is 2. The van der Waals surface area contributed by atoms with Crippen LogP contribution in [0.1, 0.15) is 48.3 Å². The summed E-state index contributed by atoms with van der Waals surface area (Å²) in [7, 11) is 0. The van der Waals surface area contributed by atoms with Gasteiger partial charge < -0.3 is 14.9 Å². The zero-order valence-electron chi connectivity index (χ0n) is 12.9. The van der Waals surface area contributed by atoms with Crippen LogP contribution in [0.2, 0.25) is 0 Å². The number of hydrogen-bond acceptors (Lipinski definition) is 5. The fraction of sp³-hybridized carbons (Fsp3) is 0.375. The van der Waals surface area contributed by atoms with Crippen molar-refractivity contribution >= 4 is 17.6 Å². The second-order valence-electron chi connectivity index (χ2n) is 5.14. The van der Waals surface area contributed by atoms with Gasteiger partial charge in [0, 0.05) is 24.9 Å². The number of anilines is 1. The Kier molecular flexibility index (Phi) is 5.85. The maximum atomic E-state index is 11.9. The van der Waals surface area contributed by atoms with Crippen molar-refractivity contribution < 1.29 is 19.2 Å². The Balaban J connectivity index is 1.78. The lowest BCUT2D eigenvalue weighted by Gasteiger charge is -2.05. The second kappa shape index (κ2) is 8.07. The van der Waals surface area contributed by atoms with E-state index in [2.05, 4.69) is 15.5 Å². The minimum atomic E-state index is -1.03. The summed E-state index contributed by atoms with van der Waals surface area (Å²) in [5, 5.41) is 15.5. The quantitative estimate of drug-likeness (QED) is 0.775. The molecule has 2 aromatic rings. The Bertz CT molecular complexity index is 681. The highest BCUT2D eigenvalue weighted by Gasteiger charge is 2.09. The van der Waals surface area contributed by atoms with Crippen LogP contribution in [0, 0.1) is 0 Å². The number of carbonyl (C=O) groups excluding carboxylic acids is 1. The summed E-state index contributed by atoms with van der Waals surface area (Å²) in [6, 6.07) is 6.14. The molecule has 7 nitrogen and oxygen atoms in total. The monoisotopic (exact) mass is 317 g/mol. The summed E-state index contributed by atoms with van der Waals surface area (Å²) in [5.74, 6) is 0.0211. The van der Waals surface area contributed by atoms with E-state index in [0.29, 0.717) is 36.7 Å². The van der Waals surface area contributed by atoms with E-state index in [9.17, 15) is 9.59 Å². The van der Waals surface area contributed by atoms with Crippen molar-refractivity contribution in [2.45, 2.75) is 39.0 Å². The predicted molar refractivity (Wildman–Crippen MR) is 83.3 cm³/mol. The summed E-state index contributed by atoms with van der Waals surface area (Å²) in [5.41, 5.74) is 0.607. The van der Waals surface area contributed by atoms with Crippen molar-refractivity contribution in [1.82, 2.24) is 10.1 Å². The molecular weight excluding hydrogens is 298 g/mol. The number of rotatable bonds is 8. The first-order chi connectivity index (χ1) is 11.1. The van der Waals surface area contributed by atoms with Crippen LogP contribution >= 0.6 is 0 Å². The molecule has 1 heterocycles. The zero-order chi connectivity index (χ0) is 16.7. The van der Waals surface area contributed by atoms with Crippen LogP contribution in [0.5, 0.6) is 0 Å². The van der Waals surface area contributed by atoms with Gasteiger partial charge in [0.05, 0.1) is 5.56 Å². The molecule has 2 rings (SSSR count). The van der Waals surface area contributed by atoms with Gasteiger partial charge in [-0.1, -0.05) is 18.1 Å². The fourth-order valence-electron chi connectivity index (χ4n) is 2.07. The third-order valence-corrected chi connectivity index (χ3v) is 3.17. The first kappa shape index (κ1) is 16.7. The summed E-state index contributed by atoms with van der Waals surface area (Å²) in [6.07, 6.45) is 3.15. The summed E-state index contributed by atoms with van der Waals surface area (Å²) < 4.78 is 5.10. The molecule has 0 saturated carbocycles. The van der Waals surface area contributed by atoms with E-state index in [1.165, 1.54) is 12.1 Å². The van der Waals surface area contributed by atoms with Gasteiger partial charge in [0.15, 0.2) is 5.82 Å². The van der Waals surface area contributed by atoms with Crippen molar-refractivity contribution in [1.29, 1.82) is 0 Å². The number of carboxylic acids is 1. The molecule has 0 aliphatic rings. The second-order valence-corrected chi connectivity index (χ2v) is 5.14. The van der Waals surface area contributed by atoms with E-state index in [1.807, 2.05) is 6.92 Å². The van der Waals surface area contributed by atoms with Gasteiger partial charge in [-0.2, -0.15) is 4.98 Å². The largest absolute Gasteiger partial charge is 0.478 e. The molecule has 1 aromatic heterocycles. The van der Waals surface area contributed by atoms with E-state index >= 15 is 0 Å². The number of amides is 1. The number of aromatic carboxylic acids is 1. The molecule has 0 aliphatic heterocycles. The number of carboxylic acid groups (broad SMARTS) is 1. The SMILES string of the molecule is CCCc1noc(CCCC(=O)Nc2cccc(C(=O)O)c2)n1. The Morgan fingerprint density at radius 1 is 1.30 bits per heavy atom. The number of aromatic nitrogens is 2. The first-order valence-corrected chi connectivity index (χ1v) is 7.53. The maximum Gasteiger partial charge on any atom is 0.335 e. The Morgan fingerprint density at radius 2 is 2.13 bits per heavy atom. The number of benzene rings is 1. The number of aryl methyl sites for hydroxylation is 2. The summed E-state index contributed by atoms with van der Waals surface area (Å²) >= 11 is 0. The van der Waals surface area contributed by atoms with Crippen LogP contribution in [-0.4, -0.2) is 27.1 Å². The molecule has 0 atom stereocenters. The van der Waals surface area contributed by atoms with Gasteiger partial charge in [-0.25, -0.2) is 4.79 Å².